The van der Waals surface area contributed by atoms with Crippen LogP contribution < -0.4 is 5.32 Å². The largest absolute Gasteiger partial charge is 0.352 e. The molecule has 130 valence electrons. The molecule has 0 radical (unpaired) electrons. The van der Waals surface area contributed by atoms with E-state index in [2.05, 4.69) is 15.3 Å². The molecule has 0 saturated carbocycles. The third kappa shape index (κ3) is 3.16. The third-order valence-corrected chi connectivity index (χ3v) is 4.17. The molecule has 1 aliphatic carbocycles. The summed E-state index contributed by atoms with van der Waals surface area (Å²) in [5.74, 6) is -0.795. The zero-order valence-corrected chi connectivity index (χ0v) is 14.0. The number of nitrogens with one attached hydrogen (secondary N) is 1. The van der Waals surface area contributed by atoms with Crippen molar-refractivity contribution in [3.8, 4) is 0 Å². The number of anilines is 1. The molecule has 0 amide bonds. The Kier molecular flexibility index (Phi) is 4.14. The summed E-state index contributed by atoms with van der Waals surface area (Å²) in [7, 11) is 0. The van der Waals surface area contributed by atoms with Crippen molar-refractivity contribution in [2.24, 2.45) is 0 Å². The van der Waals surface area contributed by atoms with Crippen LogP contribution >= 0.6 is 0 Å². The van der Waals surface area contributed by atoms with Crippen LogP contribution in [0.1, 0.15) is 36.8 Å². The molecule has 1 aromatic heterocycles. The maximum atomic E-state index is 12.5. The fourth-order valence-electron chi connectivity index (χ4n) is 2.81. The molecule has 1 heterocycles. The number of aromatic nitrogens is 2. The van der Waals surface area contributed by atoms with E-state index >= 15 is 0 Å². The van der Waals surface area contributed by atoms with Crippen LogP contribution in [0, 0.1) is 0 Å². The summed E-state index contributed by atoms with van der Waals surface area (Å²) in [6, 6.07) is 15.7. The summed E-state index contributed by atoms with van der Waals surface area (Å²) in [5, 5.41) is 2.93. The Morgan fingerprint density at radius 2 is 1.59 bits per heavy atom. The summed E-state index contributed by atoms with van der Waals surface area (Å²) in [5.41, 5.74) is 2.14. The topological polar surface area (TPSA) is 89.0 Å². The molecule has 27 heavy (non-hydrogen) atoms. The molecule has 0 fully saturated rings. The number of hydrogen-bond donors (Lipinski definition) is 1. The van der Waals surface area contributed by atoms with Crippen LogP contribution in [-0.2, 0) is 0 Å². The highest BCUT2D eigenvalue weighted by molar-refractivity contribution is 6.24. The summed E-state index contributed by atoms with van der Waals surface area (Å²) in [4.78, 5) is 44.7. The van der Waals surface area contributed by atoms with Crippen molar-refractivity contribution >= 4 is 23.0 Å². The van der Waals surface area contributed by atoms with Gasteiger partial charge in [-0.3, -0.25) is 14.4 Å². The van der Waals surface area contributed by atoms with E-state index in [-0.39, 0.29) is 34.3 Å². The SMILES string of the molecule is O=C(c1ccccc1)c1ccc(NC2=CC(=O)c3ncncc3C2=O)cc1. The standard InChI is InChI=1S/C21H13N3O3/c25-18-10-17(21(27)16-11-22-12-23-19(16)18)24-15-8-6-14(7-9-15)20(26)13-4-2-1-3-5-13/h1-12,24H. The molecule has 4 rings (SSSR count). The minimum Gasteiger partial charge on any atom is -0.352 e. The van der Waals surface area contributed by atoms with Gasteiger partial charge in [-0.05, 0) is 24.3 Å². The van der Waals surface area contributed by atoms with E-state index in [9.17, 15) is 14.4 Å². The van der Waals surface area contributed by atoms with Gasteiger partial charge < -0.3 is 5.32 Å². The lowest BCUT2D eigenvalue weighted by atomic mass is 9.98. The molecule has 0 aliphatic heterocycles. The first-order chi connectivity index (χ1) is 13.1. The van der Waals surface area contributed by atoms with Gasteiger partial charge in [0.2, 0.25) is 11.6 Å². The normalized spacial score (nSPS) is 13.0. The van der Waals surface area contributed by atoms with Crippen LogP contribution in [0.2, 0.25) is 0 Å². The molecule has 6 heteroatoms. The summed E-state index contributed by atoms with van der Waals surface area (Å²) in [6.45, 7) is 0. The molecule has 0 bridgehead atoms. The fourth-order valence-corrected chi connectivity index (χ4v) is 2.81. The number of rotatable bonds is 4. The highest BCUT2D eigenvalue weighted by Gasteiger charge is 2.27. The predicted octanol–water partition coefficient (Wildman–Crippen LogP) is 3.08. The number of carbonyl (C=O) groups is 3. The van der Waals surface area contributed by atoms with E-state index in [1.807, 2.05) is 18.2 Å². The van der Waals surface area contributed by atoms with Crippen LogP contribution in [0.25, 0.3) is 0 Å². The Morgan fingerprint density at radius 1 is 0.889 bits per heavy atom. The number of benzene rings is 2. The molecule has 0 spiro atoms. The van der Waals surface area contributed by atoms with E-state index in [0.717, 1.165) is 0 Å². The zero-order valence-electron chi connectivity index (χ0n) is 14.0. The lowest BCUT2D eigenvalue weighted by Crippen LogP contribution is -2.22. The number of carbonyl (C=O) groups excluding carboxylic acids is 3. The van der Waals surface area contributed by atoms with Crippen molar-refractivity contribution in [1.29, 1.82) is 0 Å². The van der Waals surface area contributed by atoms with Gasteiger partial charge in [-0.25, -0.2) is 9.97 Å². The van der Waals surface area contributed by atoms with Crippen molar-refractivity contribution < 1.29 is 14.4 Å². The summed E-state index contributed by atoms with van der Waals surface area (Å²) < 4.78 is 0. The first-order valence-corrected chi connectivity index (χ1v) is 8.21. The van der Waals surface area contributed by atoms with Crippen LogP contribution in [0.5, 0.6) is 0 Å². The molecule has 0 atom stereocenters. The number of Topliss-reactive ketones (excluding diaryl/α,β-unsaturated/α-hetero) is 1. The monoisotopic (exact) mass is 355 g/mol. The number of allylic oxidation sites excluding steroid dienone is 2. The fraction of sp³-hybridized carbons (Fsp3) is 0. The first-order valence-electron chi connectivity index (χ1n) is 8.21. The van der Waals surface area contributed by atoms with Crippen LogP contribution in [-0.4, -0.2) is 27.3 Å². The van der Waals surface area contributed by atoms with Gasteiger partial charge >= 0.3 is 0 Å². The van der Waals surface area contributed by atoms with Gasteiger partial charge in [-0.2, -0.15) is 0 Å². The lowest BCUT2D eigenvalue weighted by molar-refractivity contribution is 0.0981. The second-order valence-electron chi connectivity index (χ2n) is 5.93. The van der Waals surface area contributed by atoms with Crippen molar-refractivity contribution in [3.63, 3.8) is 0 Å². The Bertz CT molecular complexity index is 1090. The average molecular weight is 355 g/mol. The summed E-state index contributed by atoms with van der Waals surface area (Å²) >= 11 is 0. The first kappa shape index (κ1) is 16.5. The van der Waals surface area contributed by atoms with Crippen molar-refractivity contribution in [3.05, 3.63) is 101 Å². The third-order valence-electron chi connectivity index (χ3n) is 4.17. The minimum absolute atomic E-state index is 0.0867. The van der Waals surface area contributed by atoms with Crippen molar-refractivity contribution in [2.45, 2.75) is 0 Å². The number of hydrogen-bond acceptors (Lipinski definition) is 6. The number of fused-ring (bicyclic) bond motifs is 1. The number of ketones is 3. The molecule has 0 saturated heterocycles. The van der Waals surface area contributed by atoms with Crippen LogP contribution in [0.4, 0.5) is 5.69 Å². The Hall–Kier alpha value is -3.93. The van der Waals surface area contributed by atoms with Crippen molar-refractivity contribution in [1.82, 2.24) is 9.97 Å². The summed E-state index contributed by atoms with van der Waals surface area (Å²) in [6.07, 6.45) is 3.79. The van der Waals surface area contributed by atoms with Gasteiger partial charge in [0, 0.05) is 29.1 Å². The van der Waals surface area contributed by atoms with Gasteiger partial charge in [0.1, 0.15) is 12.0 Å². The van der Waals surface area contributed by atoms with Gasteiger partial charge in [0.05, 0.1) is 11.3 Å². The molecule has 0 unspecified atom stereocenters. The smallest absolute Gasteiger partial charge is 0.213 e. The molecule has 1 aliphatic rings. The average Bonchev–Trinajstić information content (AvgIpc) is 2.72. The molecule has 6 nitrogen and oxygen atoms in total. The van der Waals surface area contributed by atoms with Crippen LogP contribution in [0.3, 0.4) is 0 Å². The Labute approximate surface area is 154 Å². The highest BCUT2D eigenvalue weighted by atomic mass is 16.1. The van der Waals surface area contributed by atoms with E-state index in [0.29, 0.717) is 16.8 Å². The van der Waals surface area contributed by atoms with Crippen molar-refractivity contribution in [2.75, 3.05) is 5.32 Å². The number of nitrogens with zero attached hydrogens (tertiary/aromatic N) is 2. The van der Waals surface area contributed by atoms with Gasteiger partial charge in [-0.1, -0.05) is 30.3 Å². The van der Waals surface area contributed by atoms with E-state index in [4.69, 9.17) is 0 Å². The molecular formula is C21H13N3O3. The van der Waals surface area contributed by atoms with Gasteiger partial charge in [0.15, 0.2) is 5.78 Å². The maximum absolute atomic E-state index is 12.5. The van der Waals surface area contributed by atoms with Gasteiger partial charge in [-0.15, -0.1) is 0 Å². The Morgan fingerprint density at radius 3 is 2.33 bits per heavy atom. The highest BCUT2D eigenvalue weighted by Crippen LogP contribution is 2.21. The molecular weight excluding hydrogens is 342 g/mol. The Balaban J connectivity index is 1.55. The molecule has 2 aromatic carbocycles. The molecule has 3 aromatic rings. The van der Waals surface area contributed by atoms with E-state index in [1.54, 1.807) is 36.4 Å². The minimum atomic E-state index is -0.356. The van der Waals surface area contributed by atoms with E-state index in [1.165, 1.54) is 18.6 Å². The van der Waals surface area contributed by atoms with E-state index < -0.39 is 0 Å². The second kappa shape index (κ2) is 6.76. The molecule has 1 N–H and O–H groups in total. The lowest BCUT2D eigenvalue weighted by Gasteiger charge is -2.15. The van der Waals surface area contributed by atoms with Gasteiger partial charge in [0.25, 0.3) is 0 Å². The maximum Gasteiger partial charge on any atom is 0.213 e. The quantitative estimate of drug-likeness (QED) is 0.724. The zero-order chi connectivity index (χ0) is 18.8. The second-order valence-corrected chi connectivity index (χ2v) is 5.93. The van der Waals surface area contributed by atoms with Crippen LogP contribution in [0.15, 0.2) is 78.9 Å². The predicted molar refractivity (Wildman–Crippen MR) is 98.7 cm³/mol.